The summed E-state index contributed by atoms with van der Waals surface area (Å²) in [6.07, 6.45) is 7.55. The molecule has 0 spiro atoms. The summed E-state index contributed by atoms with van der Waals surface area (Å²) in [5.74, 6) is 2.37. The van der Waals surface area contributed by atoms with Crippen LogP contribution in [0.15, 0.2) is 41.0 Å². The number of nitro groups is 1. The fraction of sp³-hybridized carbons (Fsp3) is 0.478. The lowest BCUT2D eigenvalue weighted by atomic mass is 9.53. The molecule has 0 radical (unpaired) electrons. The van der Waals surface area contributed by atoms with Crippen molar-refractivity contribution in [3.8, 4) is 0 Å². The van der Waals surface area contributed by atoms with Gasteiger partial charge >= 0.3 is 5.69 Å². The van der Waals surface area contributed by atoms with Crippen molar-refractivity contribution < 1.29 is 9.55 Å². The second kappa shape index (κ2) is 6.93. The molecule has 2 N–H and O–H groups in total. The minimum absolute atomic E-state index is 0.0491. The van der Waals surface area contributed by atoms with E-state index in [1.54, 1.807) is 0 Å². The van der Waals surface area contributed by atoms with Crippen LogP contribution >= 0.6 is 0 Å². The second-order valence-electron chi connectivity index (χ2n) is 9.70. The minimum Gasteiger partial charge on any atom is -0.378 e. The summed E-state index contributed by atoms with van der Waals surface area (Å²) in [6.45, 7) is 0.481. The van der Waals surface area contributed by atoms with Gasteiger partial charge in [-0.1, -0.05) is 30.3 Å². The van der Waals surface area contributed by atoms with Crippen molar-refractivity contribution in [3.63, 3.8) is 0 Å². The molecule has 0 amide bonds. The Kier molecular flexibility index (Phi) is 4.16. The number of nitro benzene ring substituents is 1. The maximum Gasteiger partial charge on any atom is 0.323 e. The van der Waals surface area contributed by atoms with Crippen LogP contribution in [0.4, 0.5) is 17.1 Å². The van der Waals surface area contributed by atoms with E-state index in [-0.39, 0.29) is 16.7 Å². The van der Waals surface area contributed by atoms with Crippen LogP contribution in [0, 0.1) is 27.9 Å². The summed E-state index contributed by atoms with van der Waals surface area (Å²) in [6, 6.07) is 11.7. The van der Waals surface area contributed by atoms with Crippen molar-refractivity contribution in [2.24, 2.45) is 17.8 Å². The molecule has 31 heavy (non-hydrogen) atoms. The highest BCUT2D eigenvalue weighted by Gasteiger charge is 2.51. The highest BCUT2D eigenvalue weighted by Crippen LogP contribution is 2.57. The van der Waals surface area contributed by atoms with Crippen LogP contribution in [0.25, 0.3) is 11.0 Å². The molecule has 0 unspecified atom stereocenters. The first-order chi connectivity index (χ1) is 15.1. The van der Waals surface area contributed by atoms with E-state index in [4.69, 9.17) is 4.63 Å². The molecular weight excluding hydrogens is 394 g/mol. The minimum atomic E-state index is -0.408. The quantitative estimate of drug-likeness (QED) is 0.422. The second-order valence-corrected chi connectivity index (χ2v) is 9.70. The van der Waals surface area contributed by atoms with Gasteiger partial charge in [0.15, 0.2) is 5.52 Å². The molecule has 0 atom stereocenters. The molecule has 0 aliphatic heterocycles. The third kappa shape index (κ3) is 3.21. The van der Waals surface area contributed by atoms with Gasteiger partial charge in [0.1, 0.15) is 5.69 Å². The van der Waals surface area contributed by atoms with Crippen LogP contribution in [-0.2, 0) is 6.54 Å². The summed E-state index contributed by atoms with van der Waals surface area (Å²) in [5, 5.41) is 26.9. The Labute approximate surface area is 179 Å². The lowest BCUT2D eigenvalue weighted by Gasteiger charge is -2.57. The van der Waals surface area contributed by atoms with E-state index in [0.717, 1.165) is 48.3 Å². The highest BCUT2D eigenvalue weighted by atomic mass is 16.6. The Hall–Kier alpha value is -3.16. The van der Waals surface area contributed by atoms with Crippen molar-refractivity contribution in [2.45, 2.75) is 50.6 Å². The van der Waals surface area contributed by atoms with Crippen LogP contribution in [0.5, 0.6) is 0 Å². The fourth-order valence-electron chi connectivity index (χ4n) is 6.69. The maximum atomic E-state index is 11.9. The number of aromatic nitrogens is 2. The van der Waals surface area contributed by atoms with Crippen molar-refractivity contribution in [1.82, 2.24) is 10.3 Å². The van der Waals surface area contributed by atoms with E-state index < -0.39 is 4.92 Å². The number of benzene rings is 2. The number of hydrogen-bond acceptors (Lipinski definition) is 7. The molecule has 4 aliphatic carbocycles. The monoisotopic (exact) mass is 419 g/mol. The molecule has 1 heterocycles. The fourth-order valence-corrected chi connectivity index (χ4v) is 6.69. The molecule has 4 aliphatic rings. The van der Waals surface area contributed by atoms with Gasteiger partial charge in [-0.05, 0) is 78.2 Å². The molecule has 8 nitrogen and oxygen atoms in total. The van der Waals surface area contributed by atoms with Crippen molar-refractivity contribution in [3.05, 3.63) is 52.1 Å². The first-order valence-electron chi connectivity index (χ1n) is 11.1. The summed E-state index contributed by atoms with van der Waals surface area (Å²) < 4.78 is 4.96. The number of nitrogens with zero attached hydrogens (tertiary/aromatic N) is 3. The summed E-state index contributed by atoms with van der Waals surface area (Å²) >= 11 is 0. The van der Waals surface area contributed by atoms with Crippen molar-refractivity contribution in [1.29, 1.82) is 0 Å². The third-order valence-corrected chi connectivity index (χ3v) is 7.46. The van der Waals surface area contributed by atoms with Gasteiger partial charge in [-0.3, -0.25) is 10.1 Å². The third-order valence-electron chi connectivity index (χ3n) is 7.46. The molecule has 0 saturated heterocycles. The van der Waals surface area contributed by atoms with Gasteiger partial charge in [-0.15, -0.1) is 0 Å². The lowest BCUT2D eigenvalue weighted by Crippen LogP contribution is -2.54. The zero-order valence-electron chi connectivity index (χ0n) is 17.2. The van der Waals surface area contributed by atoms with Gasteiger partial charge in [0.2, 0.25) is 5.52 Å². The van der Waals surface area contributed by atoms with E-state index >= 15 is 0 Å². The molecule has 1 aromatic heterocycles. The smallest absolute Gasteiger partial charge is 0.323 e. The molecule has 4 saturated carbocycles. The molecule has 8 heteroatoms. The Balaban J connectivity index is 1.38. The van der Waals surface area contributed by atoms with Crippen LogP contribution < -0.4 is 10.6 Å². The number of fused-ring (bicyclic) bond motifs is 1. The van der Waals surface area contributed by atoms with E-state index in [2.05, 4.69) is 20.9 Å². The standard InChI is InChI=1S/C23H25N5O3/c29-28(30)22-19(24-13-14-4-2-1-3-5-14)9-18(20-21(22)27-31-26-20)25-23-10-15-6-16(11-23)8-17(7-15)12-23/h1-5,9,15-17,24-25H,6-8,10-13H2. The number of anilines is 2. The average Bonchev–Trinajstić information content (AvgIpc) is 3.21. The normalized spacial score (nSPS) is 28.7. The molecule has 4 bridgehead atoms. The van der Waals surface area contributed by atoms with Gasteiger partial charge in [-0.2, -0.15) is 0 Å². The zero-order valence-corrected chi connectivity index (χ0v) is 17.2. The van der Waals surface area contributed by atoms with Gasteiger partial charge in [0.05, 0.1) is 10.6 Å². The van der Waals surface area contributed by atoms with Crippen molar-refractivity contribution >= 4 is 28.1 Å². The first kappa shape index (κ1) is 18.6. The summed E-state index contributed by atoms with van der Waals surface area (Å²) in [5.41, 5.74) is 2.84. The van der Waals surface area contributed by atoms with Crippen molar-refractivity contribution in [2.75, 3.05) is 10.6 Å². The maximum absolute atomic E-state index is 11.9. The predicted octanol–water partition coefficient (Wildman–Crippen LogP) is 5.12. The van der Waals surface area contributed by atoms with Gasteiger partial charge in [0, 0.05) is 12.1 Å². The number of rotatable bonds is 6. The molecule has 160 valence electrons. The molecule has 2 aromatic carbocycles. The van der Waals surface area contributed by atoms with Crippen LogP contribution in [0.2, 0.25) is 0 Å². The molecule has 4 fully saturated rings. The number of nitrogens with one attached hydrogen (secondary N) is 2. The largest absolute Gasteiger partial charge is 0.378 e. The first-order valence-corrected chi connectivity index (χ1v) is 11.1. The molecule has 7 rings (SSSR count). The van der Waals surface area contributed by atoms with Crippen LogP contribution in [0.1, 0.15) is 44.1 Å². The van der Waals surface area contributed by atoms with E-state index in [9.17, 15) is 10.1 Å². The Morgan fingerprint density at radius 3 is 2.29 bits per heavy atom. The lowest BCUT2D eigenvalue weighted by molar-refractivity contribution is -0.382. The molecule has 3 aromatic rings. The Bertz CT molecular complexity index is 1110. The van der Waals surface area contributed by atoms with E-state index in [0.29, 0.717) is 17.7 Å². The Morgan fingerprint density at radius 2 is 1.65 bits per heavy atom. The van der Waals surface area contributed by atoms with E-state index in [1.165, 1.54) is 19.3 Å². The van der Waals surface area contributed by atoms with E-state index in [1.807, 2.05) is 36.4 Å². The Morgan fingerprint density at radius 1 is 1.00 bits per heavy atom. The number of hydrogen-bond donors (Lipinski definition) is 2. The predicted molar refractivity (Wildman–Crippen MR) is 117 cm³/mol. The topological polar surface area (TPSA) is 106 Å². The zero-order chi connectivity index (χ0) is 21.0. The van der Waals surface area contributed by atoms with Gasteiger partial charge in [-0.25, -0.2) is 4.63 Å². The van der Waals surface area contributed by atoms with Crippen LogP contribution in [0.3, 0.4) is 0 Å². The van der Waals surface area contributed by atoms with Crippen LogP contribution in [-0.4, -0.2) is 20.8 Å². The highest BCUT2D eigenvalue weighted by molar-refractivity contribution is 5.99. The summed E-state index contributed by atoms with van der Waals surface area (Å²) in [7, 11) is 0. The average molecular weight is 419 g/mol. The molecular formula is C23H25N5O3. The van der Waals surface area contributed by atoms with Gasteiger partial charge in [0.25, 0.3) is 0 Å². The van der Waals surface area contributed by atoms with Gasteiger partial charge < -0.3 is 10.6 Å². The summed E-state index contributed by atoms with van der Waals surface area (Å²) in [4.78, 5) is 11.5. The SMILES string of the molecule is O=[N+]([O-])c1c(NCc2ccccc2)cc(NC23CC4CC(CC(C4)C2)C3)c2nonc12.